The highest BCUT2D eigenvalue weighted by atomic mass is 15.1. The van der Waals surface area contributed by atoms with Crippen molar-refractivity contribution < 1.29 is 0 Å². The van der Waals surface area contributed by atoms with E-state index in [1.807, 2.05) is 42.5 Å². The fourth-order valence-corrected chi connectivity index (χ4v) is 5.25. The van der Waals surface area contributed by atoms with Crippen molar-refractivity contribution in [3.05, 3.63) is 168 Å². The average Bonchev–Trinajstić information content (AvgIpc) is 3.06. The number of fused-ring (bicyclic) bond motifs is 1. The summed E-state index contributed by atoms with van der Waals surface area (Å²) in [5.74, 6) is 0.612. The Labute approximate surface area is 241 Å². The molecular formula is C38H31N3. The average molecular weight is 530 g/mol. The summed E-state index contributed by atoms with van der Waals surface area (Å²) in [6, 6.07) is 52.7. The maximum atomic E-state index is 5.12. The standard InChI is InChI=1S/C38H31N3/c1-39-37(32-17-9-4-10-18-32)41-38(40-27-28-13-5-2-6-14-28)36-22-12-20-34-33(19-11-21-35(34)36)31-25-23-30(24-26-31)29-15-7-3-8-16-29/h2-26,38,40H,1,27H2. The van der Waals surface area contributed by atoms with Gasteiger partial charge < -0.3 is 0 Å². The first-order valence-corrected chi connectivity index (χ1v) is 13.8. The van der Waals surface area contributed by atoms with Gasteiger partial charge in [-0.2, -0.15) is 0 Å². The minimum absolute atomic E-state index is 0.324. The van der Waals surface area contributed by atoms with Crippen LogP contribution in [0.4, 0.5) is 0 Å². The number of amidine groups is 1. The van der Waals surface area contributed by atoms with Gasteiger partial charge in [-0.05, 0) is 50.9 Å². The van der Waals surface area contributed by atoms with Gasteiger partial charge in [0.2, 0.25) is 0 Å². The summed E-state index contributed by atoms with van der Waals surface area (Å²) in [4.78, 5) is 9.44. The third-order valence-corrected chi connectivity index (χ3v) is 7.33. The van der Waals surface area contributed by atoms with Crippen molar-refractivity contribution in [3.8, 4) is 22.3 Å². The van der Waals surface area contributed by atoms with Crippen LogP contribution in [0.2, 0.25) is 0 Å². The molecule has 1 unspecified atom stereocenters. The number of hydrogen-bond acceptors (Lipinski definition) is 2. The van der Waals surface area contributed by atoms with E-state index in [4.69, 9.17) is 4.99 Å². The number of nitrogens with one attached hydrogen (secondary N) is 1. The minimum atomic E-state index is -0.324. The molecule has 0 bridgehead atoms. The van der Waals surface area contributed by atoms with Crippen LogP contribution < -0.4 is 5.32 Å². The van der Waals surface area contributed by atoms with Crippen LogP contribution in [0, 0.1) is 0 Å². The van der Waals surface area contributed by atoms with Crippen molar-refractivity contribution in [2.24, 2.45) is 9.98 Å². The number of aliphatic imine (C=N–C) groups is 2. The van der Waals surface area contributed by atoms with Crippen LogP contribution in [0.25, 0.3) is 33.0 Å². The Balaban J connectivity index is 1.42. The normalized spacial score (nSPS) is 12.2. The zero-order valence-electron chi connectivity index (χ0n) is 22.8. The number of benzene rings is 6. The molecule has 0 aliphatic rings. The monoisotopic (exact) mass is 529 g/mol. The summed E-state index contributed by atoms with van der Waals surface area (Å²) in [7, 11) is 0. The third kappa shape index (κ3) is 5.91. The molecule has 0 fully saturated rings. The predicted octanol–water partition coefficient (Wildman–Crippen LogP) is 9.11. The van der Waals surface area contributed by atoms with Crippen LogP contribution in [0.5, 0.6) is 0 Å². The summed E-state index contributed by atoms with van der Waals surface area (Å²) in [5, 5.41) is 6.03. The molecule has 0 saturated heterocycles. The summed E-state index contributed by atoms with van der Waals surface area (Å²) in [6.45, 7) is 4.51. The predicted molar refractivity (Wildman–Crippen MR) is 173 cm³/mol. The molecule has 6 aromatic carbocycles. The molecule has 0 amide bonds. The fraction of sp³-hybridized carbons (Fsp3) is 0.0526. The lowest BCUT2D eigenvalue weighted by molar-refractivity contribution is 0.558. The second kappa shape index (κ2) is 12.4. The first-order valence-electron chi connectivity index (χ1n) is 13.8. The van der Waals surface area contributed by atoms with Crippen molar-refractivity contribution in [1.82, 2.24) is 5.32 Å². The molecule has 0 aliphatic heterocycles. The maximum absolute atomic E-state index is 5.12. The van der Waals surface area contributed by atoms with Crippen LogP contribution in [-0.2, 0) is 6.54 Å². The Morgan fingerprint density at radius 1 is 0.561 bits per heavy atom. The molecule has 0 spiro atoms. The Kier molecular flexibility index (Phi) is 7.88. The van der Waals surface area contributed by atoms with Gasteiger partial charge in [-0.25, -0.2) is 9.98 Å². The van der Waals surface area contributed by atoms with Gasteiger partial charge in [0.05, 0.1) is 0 Å². The van der Waals surface area contributed by atoms with Crippen molar-refractivity contribution in [2.45, 2.75) is 12.7 Å². The van der Waals surface area contributed by atoms with Crippen molar-refractivity contribution in [3.63, 3.8) is 0 Å². The van der Waals surface area contributed by atoms with Crippen molar-refractivity contribution in [1.29, 1.82) is 0 Å². The molecule has 1 atom stereocenters. The van der Waals surface area contributed by atoms with Gasteiger partial charge >= 0.3 is 0 Å². The zero-order chi connectivity index (χ0) is 27.9. The Bertz CT molecular complexity index is 1780. The van der Waals surface area contributed by atoms with Crippen molar-refractivity contribution >= 4 is 23.3 Å². The third-order valence-electron chi connectivity index (χ3n) is 7.33. The van der Waals surface area contributed by atoms with E-state index < -0.39 is 0 Å². The summed E-state index contributed by atoms with van der Waals surface area (Å²) in [5.41, 5.74) is 8.03. The smallest absolute Gasteiger partial charge is 0.155 e. The van der Waals surface area contributed by atoms with E-state index in [2.05, 4.69) is 126 Å². The molecule has 198 valence electrons. The second-order valence-corrected chi connectivity index (χ2v) is 9.94. The van der Waals surface area contributed by atoms with Gasteiger partial charge in [-0.15, -0.1) is 0 Å². The van der Waals surface area contributed by atoms with Crippen LogP contribution in [0.1, 0.15) is 22.9 Å². The van der Waals surface area contributed by atoms with Crippen LogP contribution in [0.15, 0.2) is 162 Å². The largest absolute Gasteiger partial charge is 0.288 e. The number of rotatable bonds is 8. The van der Waals surface area contributed by atoms with E-state index in [0.717, 1.165) is 16.5 Å². The van der Waals surface area contributed by atoms with E-state index in [0.29, 0.717) is 12.4 Å². The molecule has 3 nitrogen and oxygen atoms in total. The van der Waals surface area contributed by atoms with Gasteiger partial charge in [0.15, 0.2) is 5.84 Å². The fourth-order valence-electron chi connectivity index (χ4n) is 5.25. The maximum Gasteiger partial charge on any atom is 0.155 e. The first-order chi connectivity index (χ1) is 20.3. The lowest BCUT2D eigenvalue weighted by Gasteiger charge is -2.20. The zero-order valence-corrected chi connectivity index (χ0v) is 22.8. The molecule has 41 heavy (non-hydrogen) atoms. The van der Waals surface area contributed by atoms with Gasteiger partial charge in [0.25, 0.3) is 0 Å². The molecule has 6 rings (SSSR count). The second-order valence-electron chi connectivity index (χ2n) is 9.94. The molecule has 3 heteroatoms. The molecule has 1 N–H and O–H groups in total. The van der Waals surface area contributed by atoms with Gasteiger partial charge in [0.1, 0.15) is 6.17 Å². The highest BCUT2D eigenvalue weighted by Crippen LogP contribution is 2.34. The topological polar surface area (TPSA) is 36.8 Å². The lowest BCUT2D eigenvalue weighted by atomic mass is 9.93. The minimum Gasteiger partial charge on any atom is -0.288 e. The van der Waals surface area contributed by atoms with Crippen LogP contribution in [-0.4, -0.2) is 12.6 Å². The van der Waals surface area contributed by atoms with Gasteiger partial charge in [-0.1, -0.05) is 152 Å². The summed E-state index contributed by atoms with van der Waals surface area (Å²) >= 11 is 0. The highest BCUT2D eigenvalue weighted by molar-refractivity contribution is 6.02. The molecule has 0 aromatic heterocycles. The molecular weight excluding hydrogens is 498 g/mol. The molecule has 0 radical (unpaired) electrons. The van der Waals surface area contributed by atoms with Gasteiger partial charge in [-0.3, -0.25) is 5.32 Å². The van der Waals surface area contributed by atoms with Crippen LogP contribution >= 0.6 is 0 Å². The van der Waals surface area contributed by atoms with E-state index in [1.165, 1.54) is 33.2 Å². The summed E-state index contributed by atoms with van der Waals surface area (Å²) < 4.78 is 0. The lowest BCUT2D eigenvalue weighted by Crippen LogP contribution is -2.21. The van der Waals surface area contributed by atoms with E-state index in [9.17, 15) is 0 Å². The van der Waals surface area contributed by atoms with Crippen molar-refractivity contribution in [2.75, 3.05) is 0 Å². The van der Waals surface area contributed by atoms with E-state index >= 15 is 0 Å². The number of hydrogen-bond donors (Lipinski definition) is 1. The van der Waals surface area contributed by atoms with Crippen LogP contribution in [0.3, 0.4) is 0 Å². The van der Waals surface area contributed by atoms with E-state index in [1.54, 1.807) is 0 Å². The Morgan fingerprint density at radius 3 is 1.85 bits per heavy atom. The quantitative estimate of drug-likeness (QED) is 0.155. The SMILES string of the molecule is C=NC(=NC(NCc1ccccc1)c1cccc2c(-c3ccc(-c4ccccc4)cc3)cccc12)c1ccccc1. The van der Waals surface area contributed by atoms with Gasteiger partial charge in [0, 0.05) is 12.1 Å². The molecule has 0 aliphatic carbocycles. The summed E-state index contributed by atoms with van der Waals surface area (Å²) in [6.07, 6.45) is -0.324. The molecule has 6 aromatic rings. The Hall–Kier alpha value is -5.12. The van der Waals surface area contributed by atoms with E-state index in [-0.39, 0.29) is 6.17 Å². The first kappa shape index (κ1) is 26.1. The highest BCUT2D eigenvalue weighted by Gasteiger charge is 2.17. The number of nitrogens with zero attached hydrogens (tertiary/aromatic N) is 2. The molecule has 0 saturated carbocycles. The Morgan fingerprint density at radius 2 is 1.15 bits per heavy atom. The molecule has 0 heterocycles.